The molecule has 0 heterocycles. The second-order valence-electron chi connectivity index (χ2n) is 6.17. The van der Waals surface area contributed by atoms with E-state index in [0.717, 1.165) is 38.6 Å². The number of halogens is 1. The highest BCUT2D eigenvalue weighted by Crippen LogP contribution is 2.26. The van der Waals surface area contributed by atoms with E-state index in [4.69, 9.17) is 9.73 Å². The highest BCUT2D eigenvalue weighted by molar-refractivity contribution is 14.0. The molecular formula is C18H32IN3O. The molecule has 4 nitrogen and oxygen atoms in total. The van der Waals surface area contributed by atoms with Crippen LogP contribution in [0, 0.1) is 6.92 Å². The molecule has 1 aromatic rings. The number of nitrogens with one attached hydrogen (secondary N) is 2. The second-order valence-corrected chi connectivity index (χ2v) is 6.17. The molecule has 0 amide bonds. The number of aliphatic imine (C=N–C) groups is 1. The van der Waals surface area contributed by atoms with Gasteiger partial charge in [0.05, 0.1) is 6.54 Å². The summed E-state index contributed by atoms with van der Waals surface area (Å²) in [6.07, 6.45) is 0.974. The lowest BCUT2D eigenvalue weighted by molar-refractivity contribution is 0.195. The van der Waals surface area contributed by atoms with Crippen molar-refractivity contribution < 1.29 is 4.74 Å². The summed E-state index contributed by atoms with van der Waals surface area (Å²) in [5.41, 5.74) is 2.69. The molecule has 0 bridgehead atoms. The number of nitrogens with zero attached hydrogens (tertiary/aromatic N) is 1. The highest BCUT2D eigenvalue weighted by Gasteiger charge is 2.22. The van der Waals surface area contributed by atoms with Gasteiger partial charge in [-0.25, -0.2) is 0 Å². The van der Waals surface area contributed by atoms with Crippen molar-refractivity contribution in [1.82, 2.24) is 10.6 Å². The first-order chi connectivity index (χ1) is 10.5. The Morgan fingerprint density at radius 3 is 2.52 bits per heavy atom. The van der Waals surface area contributed by atoms with Crippen LogP contribution in [0.25, 0.3) is 0 Å². The van der Waals surface area contributed by atoms with E-state index in [2.05, 4.69) is 62.6 Å². The minimum atomic E-state index is 0. The van der Waals surface area contributed by atoms with Gasteiger partial charge in [-0.2, -0.15) is 0 Å². The monoisotopic (exact) mass is 433 g/mol. The van der Waals surface area contributed by atoms with Crippen molar-refractivity contribution >= 4 is 29.9 Å². The molecule has 0 aliphatic carbocycles. The van der Waals surface area contributed by atoms with Crippen LogP contribution in [-0.4, -0.2) is 39.3 Å². The summed E-state index contributed by atoms with van der Waals surface area (Å²) in [7, 11) is 1.73. The first-order valence-corrected chi connectivity index (χ1v) is 8.08. The van der Waals surface area contributed by atoms with Gasteiger partial charge in [-0.1, -0.05) is 38.1 Å². The molecule has 132 valence electrons. The minimum absolute atomic E-state index is 0. The molecule has 0 aliphatic heterocycles. The predicted octanol–water partition coefficient (Wildman–Crippen LogP) is 3.48. The molecule has 0 aliphatic rings. The smallest absolute Gasteiger partial charge is 0.191 e. The summed E-state index contributed by atoms with van der Waals surface area (Å²) in [6.45, 7) is 12.0. The second kappa shape index (κ2) is 11.7. The van der Waals surface area contributed by atoms with Gasteiger partial charge in [0.15, 0.2) is 5.96 Å². The Kier molecular flexibility index (Phi) is 11.3. The van der Waals surface area contributed by atoms with Crippen molar-refractivity contribution in [2.24, 2.45) is 4.99 Å². The largest absolute Gasteiger partial charge is 0.385 e. The van der Waals surface area contributed by atoms with Crippen LogP contribution >= 0.6 is 24.0 Å². The van der Waals surface area contributed by atoms with Crippen molar-refractivity contribution in [3.63, 3.8) is 0 Å². The van der Waals surface area contributed by atoms with Crippen molar-refractivity contribution in [1.29, 1.82) is 0 Å². The van der Waals surface area contributed by atoms with E-state index in [1.807, 2.05) is 0 Å². The molecule has 5 heteroatoms. The number of guanidine groups is 1. The average Bonchev–Trinajstić information content (AvgIpc) is 2.49. The molecule has 23 heavy (non-hydrogen) atoms. The molecule has 0 radical (unpaired) electrons. The number of methoxy groups -OCH3 is 1. The van der Waals surface area contributed by atoms with Crippen molar-refractivity contribution in [3.05, 3.63) is 35.4 Å². The first kappa shape index (κ1) is 22.2. The van der Waals surface area contributed by atoms with Gasteiger partial charge in [-0.3, -0.25) is 4.99 Å². The van der Waals surface area contributed by atoms with E-state index in [1.54, 1.807) is 7.11 Å². The molecule has 0 spiro atoms. The molecule has 1 rings (SSSR count). The number of ether oxygens (including phenoxy) is 1. The summed E-state index contributed by atoms with van der Waals surface area (Å²) >= 11 is 0. The Bertz CT molecular complexity index is 475. The average molecular weight is 433 g/mol. The van der Waals surface area contributed by atoms with Gasteiger partial charge >= 0.3 is 0 Å². The zero-order valence-corrected chi connectivity index (χ0v) is 17.4. The van der Waals surface area contributed by atoms with Crippen molar-refractivity contribution in [2.45, 2.75) is 39.5 Å². The predicted molar refractivity (Wildman–Crippen MR) is 110 cm³/mol. The van der Waals surface area contributed by atoms with Crippen LogP contribution in [0.15, 0.2) is 29.3 Å². The van der Waals surface area contributed by atoms with E-state index < -0.39 is 0 Å². The zero-order valence-electron chi connectivity index (χ0n) is 15.1. The van der Waals surface area contributed by atoms with E-state index in [1.165, 1.54) is 11.1 Å². The van der Waals surface area contributed by atoms with E-state index in [-0.39, 0.29) is 29.4 Å². The molecule has 0 saturated heterocycles. The highest BCUT2D eigenvalue weighted by atomic mass is 127. The Balaban J connectivity index is 0.00000484. The van der Waals surface area contributed by atoms with Crippen LogP contribution in [0.5, 0.6) is 0 Å². The number of hydrogen-bond donors (Lipinski definition) is 2. The van der Waals surface area contributed by atoms with E-state index in [0.29, 0.717) is 0 Å². The molecule has 0 fully saturated rings. The van der Waals surface area contributed by atoms with Gasteiger partial charge in [0.2, 0.25) is 0 Å². The summed E-state index contributed by atoms with van der Waals surface area (Å²) in [6, 6.07) is 8.54. The minimum Gasteiger partial charge on any atom is -0.385 e. The lowest BCUT2D eigenvalue weighted by atomic mass is 9.82. The summed E-state index contributed by atoms with van der Waals surface area (Å²) < 4.78 is 5.07. The van der Waals surface area contributed by atoms with Crippen molar-refractivity contribution in [2.75, 3.05) is 33.4 Å². The van der Waals surface area contributed by atoms with Crippen LogP contribution in [-0.2, 0) is 10.2 Å². The van der Waals surface area contributed by atoms with Crippen LogP contribution in [0.4, 0.5) is 0 Å². The maximum atomic E-state index is 5.07. The van der Waals surface area contributed by atoms with E-state index >= 15 is 0 Å². The fraction of sp³-hybridized carbons (Fsp3) is 0.611. The maximum Gasteiger partial charge on any atom is 0.191 e. The van der Waals surface area contributed by atoms with Gasteiger partial charge in [0.1, 0.15) is 0 Å². The lowest BCUT2D eigenvalue weighted by Crippen LogP contribution is -2.39. The fourth-order valence-corrected chi connectivity index (χ4v) is 2.46. The van der Waals surface area contributed by atoms with Crippen LogP contribution in [0.1, 0.15) is 38.3 Å². The third kappa shape index (κ3) is 8.01. The topological polar surface area (TPSA) is 45.7 Å². The molecule has 2 N–H and O–H groups in total. The Morgan fingerprint density at radius 2 is 1.91 bits per heavy atom. The standard InChI is InChI=1S/C18H31N3O.HI/c1-6-19-17(20-12-9-13-22-5)21-14-18(3,4)16-11-8-7-10-15(16)2;/h7-8,10-11H,6,9,12-14H2,1-5H3,(H2,19,20,21);1H. The van der Waals surface area contributed by atoms with Gasteiger partial charge in [0.25, 0.3) is 0 Å². The summed E-state index contributed by atoms with van der Waals surface area (Å²) in [5.74, 6) is 0.875. The molecule has 0 aromatic heterocycles. The van der Waals surface area contributed by atoms with Crippen LogP contribution in [0.3, 0.4) is 0 Å². The third-order valence-corrected chi connectivity index (χ3v) is 3.67. The SMILES string of the molecule is CCNC(=NCC(C)(C)c1ccccc1C)NCCCOC.I. The van der Waals surface area contributed by atoms with Gasteiger partial charge in [-0.15, -0.1) is 24.0 Å². The van der Waals surface area contributed by atoms with Gasteiger partial charge < -0.3 is 15.4 Å². The quantitative estimate of drug-likeness (QED) is 0.286. The first-order valence-electron chi connectivity index (χ1n) is 8.08. The van der Waals surface area contributed by atoms with E-state index in [9.17, 15) is 0 Å². The zero-order chi connectivity index (χ0) is 16.4. The molecule has 0 atom stereocenters. The fourth-order valence-electron chi connectivity index (χ4n) is 2.46. The van der Waals surface area contributed by atoms with Gasteiger partial charge in [-0.05, 0) is 31.4 Å². The van der Waals surface area contributed by atoms with Crippen LogP contribution in [0.2, 0.25) is 0 Å². The van der Waals surface area contributed by atoms with Crippen LogP contribution < -0.4 is 10.6 Å². The Hall–Kier alpha value is -0.820. The summed E-state index contributed by atoms with van der Waals surface area (Å²) in [4.78, 5) is 4.75. The Labute approximate surface area is 158 Å². The number of rotatable bonds is 8. The molecular weight excluding hydrogens is 401 g/mol. The summed E-state index contributed by atoms with van der Waals surface area (Å²) in [5, 5.41) is 6.65. The Morgan fingerprint density at radius 1 is 1.22 bits per heavy atom. The molecule has 0 unspecified atom stereocenters. The molecule has 0 saturated carbocycles. The molecule has 1 aromatic carbocycles. The van der Waals surface area contributed by atoms with Gasteiger partial charge in [0, 0.05) is 32.2 Å². The number of aryl methyl sites for hydroxylation is 1. The van der Waals surface area contributed by atoms with Crippen molar-refractivity contribution in [3.8, 4) is 0 Å². The lowest BCUT2D eigenvalue weighted by Gasteiger charge is -2.25. The third-order valence-electron chi connectivity index (χ3n) is 3.67. The maximum absolute atomic E-state index is 5.07. The number of benzene rings is 1. The number of hydrogen-bond acceptors (Lipinski definition) is 2. The normalized spacial score (nSPS) is 11.8.